The number of hydrogen-bond acceptors (Lipinski definition) is 4. The van der Waals surface area contributed by atoms with Crippen LogP contribution in [0, 0.1) is 14.9 Å². The minimum atomic E-state index is -0.793. The van der Waals surface area contributed by atoms with Crippen molar-refractivity contribution in [3.05, 3.63) is 33.4 Å². The number of benzene rings is 1. The number of nitrogens with two attached hydrogens (primary N) is 1. The maximum absolute atomic E-state index is 12.6. The maximum atomic E-state index is 12.6. The lowest BCUT2D eigenvalue weighted by Crippen LogP contribution is -2.55. The van der Waals surface area contributed by atoms with Gasteiger partial charge in [0.05, 0.1) is 12.1 Å². The Morgan fingerprint density at radius 1 is 1.35 bits per heavy atom. The van der Waals surface area contributed by atoms with Crippen LogP contribution in [-0.2, 0) is 11.2 Å². The molecule has 3 N–H and O–H groups in total. The van der Waals surface area contributed by atoms with Crippen LogP contribution < -0.4 is 11.1 Å². The summed E-state index contributed by atoms with van der Waals surface area (Å²) in [6.07, 6.45) is 7.45. The Morgan fingerprint density at radius 3 is 2.69 bits per heavy atom. The summed E-state index contributed by atoms with van der Waals surface area (Å²) in [6, 6.07) is 10.3. The van der Waals surface area contributed by atoms with Gasteiger partial charge in [-0.15, -0.1) is 0 Å². The van der Waals surface area contributed by atoms with E-state index in [1.165, 1.54) is 32.1 Å². The Labute approximate surface area is 169 Å². The van der Waals surface area contributed by atoms with Gasteiger partial charge in [-0.3, -0.25) is 9.69 Å². The van der Waals surface area contributed by atoms with Crippen molar-refractivity contribution >= 4 is 28.5 Å². The molecule has 1 aromatic rings. The molecule has 2 atom stereocenters. The molecule has 0 aromatic heterocycles. The van der Waals surface area contributed by atoms with E-state index in [1.54, 1.807) is 0 Å². The van der Waals surface area contributed by atoms with Crippen molar-refractivity contribution < 1.29 is 4.79 Å². The zero-order valence-electron chi connectivity index (χ0n) is 15.1. The molecule has 140 valence electrons. The van der Waals surface area contributed by atoms with Crippen molar-refractivity contribution in [3.8, 4) is 6.07 Å². The van der Waals surface area contributed by atoms with E-state index in [-0.39, 0.29) is 5.91 Å². The molecule has 2 aliphatic rings. The quantitative estimate of drug-likeness (QED) is 0.654. The van der Waals surface area contributed by atoms with E-state index in [4.69, 9.17) is 5.73 Å². The van der Waals surface area contributed by atoms with Crippen molar-refractivity contribution in [3.63, 3.8) is 0 Å². The smallest absolute Gasteiger partial charge is 0.238 e. The molecule has 5 nitrogen and oxygen atoms in total. The van der Waals surface area contributed by atoms with Crippen LogP contribution in [0.3, 0.4) is 0 Å². The van der Waals surface area contributed by atoms with Crippen LogP contribution in [0.5, 0.6) is 0 Å². The second-order valence-corrected chi connectivity index (χ2v) is 8.88. The monoisotopic (exact) mass is 466 g/mol. The first-order chi connectivity index (χ1) is 12.5. The third kappa shape index (κ3) is 4.76. The zero-order valence-corrected chi connectivity index (χ0v) is 17.2. The lowest BCUT2D eigenvalue weighted by molar-refractivity contribution is -0.123. The molecule has 6 heteroatoms. The van der Waals surface area contributed by atoms with Crippen molar-refractivity contribution in [2.75, 3.05) is 13.1 Å². The number of carbonyl (C=O) groups excluding carboxylic acids is 1. The molecule has 2 unspecified atom stereocenters. The lowest BCUT2D eigenvalue weighted by Gasteiger charge is -2.32. The van der Waals surface area contributed by atoms with Gasteiger partial charge in [0.25, 0.3) is 0 Å². The predicted octanol–water partition coefficient (Wildman–Crippen LogP) is 2.58. The molecule has 1 heterocycles. The number of halogens is 1. The van der Waals surface area contributed by atoms with Gasteiger partial charge >= 0.3 is 0 Å². The first-order valence-corrected chi connectivity index (χ1v) is 10.6. The van der Waals surface area contributed by atoms with Gasteiger partial charge in [0.15, 0.2) is 0 Å². The summed E-state index contributed by atoms with van der Waals surface area (Å²) in [4.78, 5) is 15.0. The fourth-order valence-corrected chi connectivity index (χ4v) is 4.47. The van der Waals surface area contributed by atoms with Crippen molar-refractivity contribution in [2.45, 2.75) is 62.6 Å². The van der Waals surface area contributed by atoms with E-state index in [9.17, 15) is 10.1 Å². The zero-order chi connectivity index (χ0) is 18.6. The summed E-state index contributed by atoms with van der Waals surface area (Å²) in [7, 11) is 0. The molecule has 1 saturated carbocycles. The highest BCUT2D eigenvalue weighted by molar-refractivity contribution is 14.1. The van der Waals surface area contributed by atoms with E-state index >= 15 is 0 Å². The van der Waals surface area contributed by atoms with Gasteiger partial charge in [-0.1, -0.05) is 31.4 Å². The van der Waals surface area contributed by atoms with E-state index in [2.05, 4.69) is 38.9 Å². The number of amides is 1. The first kappa shape index (κ1) is 19.6. The molecule has 0 radical (unpaired) electrons. The third-order valence-electron chi connectivity index (χ3n) is 5.67. The molecule has 0 spiro atoms. The minimum absolute atomic E-state index is 0.226. The van der Waals surface area contributed by atoms with E-state index in [0.29, 0.717) is 25.4 Å². The van der Waals surface area contributed by atoms with Crippen LogP contribution in [0.15, 0.2) is 24.3 Å². The summed E-state index contributed by atoms with van der Waals surface area (Å²) in [5, 5.41) is 12.7. The molecular formula is C20H27IN4O. The molecular weight excluding hydrogens is 439 g/mol. The van der Waals surface area contributed by atoms with Gasteiger partial charge < -0.3 is 11.1 Å². The molecule has 3 rings (SSSR count). The molecule has 1 aromatic carbocycles. The van der Waals surface area contributed by atoms with E-state index in [1.807, 2.05) is 24.3 Å². The number of nitrogens with one attached hydrogen (secondary N) is 1. The summed E-state index contributed by atoms with van der Waals surface area (Å²) in [5.74, 6) is -0.226. The van der Waals surface area contributed by atoms with Crippen LogP contribution in [0.2, 0.25) is 0 Å². The van der Waals surface area contributed by atoms with Gasteiger partial charge in [0.1, 0.15) is 5.54 Å². The average Bonchev–Trinajstić information content (AvgIpc) is 3.09. The van der Waals surface area contributed by atoms with Gasteiger partial charge in [-0.25, -0.2) is 0 Å². The summed E-state index contributed by atoms with van der Waals surface area (Å²) < 4.78 is 1.15. The number of rotatable bonds is 5. The number of hydrogen-bond donors (Lipinski definition) is 2. The minimum Gasteiger partial charge on any atom is -0.335 e. The van der Waals surface area contributed by atoms with Crippen LogP contribution in [0.25, 0.3) is 0 Å². The second kappa shape index (κ2) is 8.68. The Balaban J connectivity index is 1.57. The van der Waals surface area contributed by atoms with Gasteiger partial charge in [-0.2, -0.15) is 5.26 Å². The summed E-state index contributed by atoms with van der Waals surface area (Å²) in [6.45, 7) is 1.50. The highest BCUT2D eigenvalue weighted by atomic mass is 127. The molecule has 1 saturated heterocycles. The normalized spacial score (nSPS) is 25.6. The maximum Gasteiger partial charge on any atom is 0.238 e. The SMILES string of the molecule is N#CC1(NC(=O)C(N)Cc2ccc(I)cc2)CCN(C2CCCCC2)C1. The van der Waals surface area contributed by atoms with Crippen molar-refractivity contribution in [2.24, 2.45) is 5.73 Å². The molecule has 1 amide bonds. The molecule has 26 heavy (non-hydrogen) atoms. The topological polar surface area (TPSA) is 82.1 Å². The highest BCUT2D eigenvalue weighted by Gasteiger charge is 2.42. The van der Waals surface area contributed by atoms with Crippen molar-refractivity contribution in [1.82, 2.24) is 10.2 Å². The lowest BCUT2D eigenvalue weighted by atomic mass is 9.94. The molecule has 2 fully saturated rings. The first-order valence-electron chi connectivity index (χ1n) is 9.49. The third-order valence-corrected chi connectivity index (χ3v) is 6.39. The van der Waals surface area contributed by atoms with Crippen LogP contribution in [0.1, 0.15) is 44.1 Å². The Bertz CT molecular complexity index is 665. The van der Waals surface area contributed by atoms with E-state index < -0.39 is 11.6 Å². The fourth-order valence-electron chi connectivity index (χ4n) is 4.11. The molecule has 0 bridgehead atoms. The summed E-state index contributed by atoms with van der Waals surface area (Å²) in [5.41, 5.74) is 6.36. The Hall–Kier alpha value is -1.17. The Morgan fingerprint density at radius 2 is 2.04 bits per heavy atom. The number of likely N-dealkylation sites (tertiary alicyclic amines) is 1. The van der Waals surface area contributed by atoms with Crippen LogP contribution >= 0.6 is 22.6 Å². The standard InChI is InChI=1S/C20H27IN4O/c21-16-8-6-15(7-9-16)12-18(23)19(26)24-20(13-22)10-11-25(14-20)17-4-2-1-3-5-17/h6-9,17-18H,1-5,10-12,14,23H2,(H,24,26). The second-order valence-electron chi connectivity index (χ2n) is 7.63. The number of nitrogens with zero attached hydrogens (tertiary/aromatic N) is 2. The number of carbonyl (C=O) groups is 1. The van der Waals surface area contributed by atoms with Crippen LogP contribution in [0.4, 0.5) is 0 Å². The largest absolute Gasteiger partial charge is 0.335 e. The fraction of sp³-hybridized carbons (Fsp3) is 0.600. The Kier molecular flexibility index (Phi) is 6.54. The predicted molar refractivity (Wildman–Crippen MR) is 110 cm³/mol. The highest BCUT2D eigenvalue weighted by Crippen LogP contribution is 2.29. The van der Waals surface area contributed by atoms with Gasteiger partial charge in [0, 0.05) is 22.7 Å². The van der Waals surface area contributed by atoms with E-state index in [0.717, 1.165) is 15.7 Å². The number of nitriles is 1. The molecule has 1 aliphatic heterocycles. The summed E-state index contributed by atoms with van der Waals surface area (Å²) >= 11 is 2.25. The average molecular weight is 466 g/mol. The van der Waals surface area contributed by atoms with Gasteiger partial charge in [-0.05, 0) is 66.0 Å². The van der Waals surface area contributed by atoms with Crippen molar-refractivity contribution in [1.29, 1.82) is 5.26 Å². The van der Waals surface area contributed by atoms with Crippen LogP contribution in [-0.4, -0.2) is 41.5 Å². The molecule has 1 aliphatic carbocycles. The van der Waals surface area contributed by atoms with Gasteiger partial charge in [0.2, 0.25) is 5.91 Å².